The van der Waals surface area contributed by atoms with Crippen molar-refractivity contribution in [2.75, 3.05) is 14.2 Å². The molecule has 1 fully saturated rings. The molecule has 1 aromatic rings. The lowest BCUT2D eigenvalue weighted by Gasteiger charge is -2.23. The molecule has 1 saturated heterocycles. The highest BCUT2D eigenvalue weighted by molar-refractivity contribution is 8.26. The number of hydrogen-bond donors (Lipinski definition) is 0. The summed E-state index contributed by atoms with van der Waals surface area (Å²) in [6.07, 6.45) is 2.19. The molecule has 0 N–H and O–H groups in total. The van der Waals surface area contributed by atoms with E-state index in [1.165, 1.54) is 23.8 Å². The van der Waals surface area contributed by atoms with E-state index >= 15 is 0 Å². The van der Waals surface area contributed by atoms with Crippen LogP contribution in [0, 0.1) is 0 Å². The third-order valence-electron chi connectivity index (χ3n) is 3.41. The molecular formula is C16H17NO4S2. The SMILES string of the molecule is CCC(C(=O)OC)N1C(=O)/C(=C\c2ccc(OC)cc2)SC1=S. The van der Waals surface area contributed by atoms with Crippen molar-refractivity contribution in [1.82, 2.24) is 4.90 Å². The van der Waals surface area contributed by atoms with Gasteiger partial charge in [-0.2, -0.15) is 0 Å². The van der Waals surface area contributed by atoms with Gasteiger partial charge in [0.05, 0.1) is 19.1 Å². The van der Waals surface area contributed by atoms with E-state index in [9.17, 15) is 9.59 Å². The minimum Gasteiger partial charge on any atom is -0.497 e. The summed E-state index contributed by atoms with van der Waals surface area (Å²) in [5, 5.41) is 0. The van der Waals surface area contributed by atoms with E-state index in [2.05, 4.69) is 0 Å². The molecule has 1 aromatic carbocycles. The number of methoxy groups -OCH3 is 2. The van der Waals surface area contributed by atoms with E-state index in [0.717, 1.165) is 11.3 Å². The molecule has 0 aromatic heterocycles. The fourth-order valence-corrected chi connectivity index (χ4v) is 3.55. The van der Waals surface area contributed by atoms with Crippen molar-refractivity contribution < 1.29 is 19.1 Å². The quantitative estimate of drug-likeness (QED) is 0.462. The van der Waals surface area contributed by atoms with Crippen molar-refractivity contribution in [1.29, 1.82) is 0 Å². The molecular weight excluding hydrogens is 334 g/mol. The molecule has 1 aliphatic heterocycles. The van der Waals surface area contributed by atoms with Crippen LogP contribution in [-0.2, 0) is 14.3 Å². The van der Waals surface area contributed by atoms with Gasteiger partial charge in [-0.15, -0.1) is 0 Å². The van der Waals surface area contributed by atoms with Crippen molar-refractivity contribution in [3.8, 4) is 5.75 Å². The lowest BCUT2D eigenvalue weighted by molar-refractivity contribution is -0.148. The van der Waals surface area contributed by atoms with Crippen LogP contribution in [0.5, 0.6) is 5.75 Å². The summed E-state index contributed by atoms with van der Waals surface area (Å²) in [5.74, 6) is 0.00834. The zero-order chi connectivity index (χ0) is 17.0. The van der Waals surface area contributed by atoms with E-state index in [1.54, 1.807) is 13.2 Å². The second kappa shape index (κ2) is 7.61. The van der Waals surface area contributed by atoms with Crippen LogP contribution in [0.15, 0.2) is 29.2 Å². The van der Waals surface area contributed by atoms with Crippen LogP contribution in [0.1, 0.15) is 18.9 Å². The van der Waals surface area contributed by atoms with Gasteiger partial charge >= 0.3 is 5.97 Å². The summed E-state index contributed by atoms with van der Waals surface area (Å²) in [4.78, 5) is 26.2. The Balaban J connectivity index is 2.26. The first-order valence-electron chi connectivity index (χ1n) is 7.00. The Kier molecular flexibility index (Phi) is 5.79. The maximum absolute atomic E-state index is 12.6. The fraction of sp³-hybridized carbons (Fsp3) is 0.312. The molecule has 1 unspecified atom stereocenters. The van der Waals surface area contributed by atoms with Crippen molar-refractivity contribution >= 4 is 46.3 Å². The van der Waals surface area contributed by atoms with E-state index in [1.807, 2.05) is 31.2 Å². The van der Waals surface area contributed by atoms with Gasteiger partial charge < -0.3 is 9.47 Å². The smallest absolute Gasteiger partial charge is 0.329 e. The summed E-state index contributed by atoms with van der Waals surface area (Å²) in [6, 6.07) is 6.65. The highest BCUT2D eigenvalue weighted by Crippen LogP contribution is 2.35. The molecule has 0 bridgehead atoms. The first-order chi connectivity index (χ1) is 11.0. The van der Waals surface area contributed by atoms with Crippen LogP contribution in [-0.4, -0.2) is 41.4 Å². The first-order valence-corrected chi connectivity index (χ1v) is 8.23. The number of ether oxygens (including phenoxy) is 2. The van der Waals surface area contributed by atoms with Crippen LogP contribution in [0.25, 0.3) is 6.08 Å². The van der Waals surface area contributed by atoms with Gasteiger partial charge in [-0.05, 0) is 30.2 Å². The number of carbonyl (C=O) groups is 2. The lowest BCUT2D eigenvalue weighted by atomic mass is 10.1. The molecule has 0 spiro atoms. The number of thioether (sulfide) groups is 1. The van der Waals surface area contributed by atoms with Crippen molar-refractivity contribution in [3.05, 3.63) is 34.7 Å². The van der Waals surface area contributed by atoms with Crippen molar-refractivity contribution in [3.63, 3.8) is 0 Å². The minimum absolute atomic E-state index is 0.270. The minimum atomic E-state index is -0.686. The number of thiocarbonyl (C=S) groups is 1. The summed E-state index contributed by atoms with van der Waals surface area (Å²) < 4.78 is 10.2. The van der Waals surface area contributed by atoms with Gasteiger partial charge in [0.1, 0.15) is 16.1 Å². The van der Waals surface area contributed by atoms with Gasteiger partial charge in [-0.25, -0.2) is 4.79 Å². The molecule has 122 valence electrons. The van der Waals surface area contributed by atoms with Gasteiger partial charge in [-0.1, -0.05) is 43.0 Å². The number of rotatable bonds is 5. The van der Waals surface area contributed by atoms with E-state index < -0.39 is 12.0 Å². The average Bonchev–Trinajstić information content (AvgIpc) is 2.83. The van der Waals surface area contributed by atoms with Crippen LogP contribution < -0.4 is 4.74 Å². The monoisotopic (exact) mass is 351 g/mol. The van der Waals surface area contributed by atoms with Gasteiger partial charge in [0, 0.05) is 0 Å². The maximum Gasteiger partial charge on any atom is 0.329 e. The van der Waals surface area contributed by atoms with Crippen LogP contribution in [0.4, 0.5) is 0 Å². The van der Waals surface area contributed by atoms with Crippen LogP contribution >= 0.6 is 24.0 Å². The molecule has 0 aliphatic carbocycles. The molecule has 0 radical (unpaired) electrons. The van der Waals surface area contributed by atoms with Gasteiger partial charge in [0.2, 0.25) is 0 Å². The lowest BCUT2D eigenvalue weighted by Crippen LogP contribution is -2.44. The predicted octanol–water partition coefficient (Wildman–Crippen LogP) is 2.85. The third kappa shape index (κ3) is 3.73. The Morgan fingerprint density at radius 1 is 1.35 bits per heavy atom. The Bertz CT molecular complexity index is 655. The van der Waals surface area contributed by atoms with E-state index in [0.29, 0.717) is 15.6 Å². The van der Waals surface area contributed by atoms with Gasteiger partial charge in [0.25, 0.3) is 5.91 Å². The average molecular weight is 351 g/mol. The number of nitrogens with zero attached hydrogens (tertiary/aromatic N) is 1. The first kappa shape index (κ1) is 17.5. The molecule has 1 atom stereocenters. The summed E-state index contributed by atoms with van der Waals surface area (Å²) in [6.45, 7) is 1.81. The fourth-order valence-electron chi connectivity index (χ4n) is 2.19. The van der Waals surface area contributed by atoms with Crippen LogP contribution in [0.2, 0.25) is 0 Å². The second-order valence-electron chi connectivity index (χ2n) is 4.77. The molecule has 1 amide bonds. The summed E-state index contributed by atoms with van der Waals surface area (Å²) >= 11 is 6.45. The number of esters is 1. The molecule has 7 heteroatoms. The third-order valence-corrected chi connectivity index (χ3v) is 4.74. The van der Waals surface area contributed by atoms with Crippen molar-refractivity contribution in [2.24, 2.45) is 0 Å². The van der Waals surface area contributed by atoms with Gasteiger partial charge in [0.15, 0.2) is 0 Å². The maximum atomic E-state index is 12.6. The molecule has 1 heterocycles. The molecule has 23 heavy (non-hydrogen) atoms. The topological polar surface area (TPSA) is 55.8 Å². The van der Waals surface area contributed by atoms with Gasteiger partial charge in [-0.3, -0.25) is 9.69 Å². The van der Waals surface area contributed by atoms with Crippen LogP contribution in [0.3, 0.4) is 0 Å². The standard InChI is InChI=1S/C16H17NO4S2/c1-4-12(15(19)21-3)17-14(18)13(23-16(17)22)9-10-5-7-11(20-2)8-6-10/h5-9,12H,4H2,1-3H3/b13-9+. The number of hydrogen-bond acceptors (Lipinski definition) is 6. The Morgan fingerprint density at radius 2 is 2.00 bits per heavy atom. The predicted molar refractivity (Wildman–Crippen MR) is 94.1 cm³/mol. The molecule has 1 aliphatic rings. The van der Waals surface area contributed by atoms with E-state index in [4.69, 9.17) is 21.7 Å². The number of benzene rings is 1. The highest BCUT2D eigenvalue weighted by atomic mass is 32.2. The molecule has 0 saturated carbocycles. The normalized spacial score (nSPS) is 17.5. The Hall–Kier alpha value is -1.86. The van der Waals surface area contributed by atoms with Crippen molar-refractivity contribution in [2.45, 2.75) is 19.4 Å². The summed E-state index contributed by atoms with van der Waals surface area (Å²) in [5.41, 5.74) is 0.859. The zero-order valence-corrected chi connectivity index (χ0v) is 14.7. The second-order valence-corrected chi connectivity index (χ2v) is 6.45. The van der Waals surface area contributed by atoms with E-state index in [-0.39, 0.29) is 5.91 Å². The molecule has 5 nitrogen and oxygen atoms in total. The Labute approximate surface area is 144 Å². The Morgan fingerprint density at radius 3 is 2.52 bits per heavy atom. The number of amides is 1. The molecule has 2 rings (SSSR count). The highest BCUT2D eigenvalue weighted by Gasteiger charge is 2.40. The number of carbonyl (C=O) groups excluding carboxylic acids is 2. The largest absolute Gasteiger partial charge is 0.497 e. The zero-order valence-electron chi connectivity index (χ0n) is 13.1. The summed E-state index contributed by atoms with van der Waals surface area (Å²) in [7, 11) is 2.90.